The van der Waals surface area contributed by atoms with Crippen LogP contribution in [0.15, 0.2) is 60.3 Å². The summed E-state index contributed by atoms with van der Waals surface area (Å²) in [5, 5.41) is 11.8. The van der Waals surface area contributed by atoms with Gasteiger partial charge in [-0.05, 0) is 18.1 Å². The molecule has 0 amide bonds. The molecule has 0 aliphatic carbocycles. The molecule has 2 aromatic carbocycles. The van der Waals surface area contributed by atoms with Crippen molar-refractivity contribution >= 4 is 27.1 Å². The summed E-state index contributed by atoms with van der Waals surface area (Å²) in [5.41, 5.74) is -3.96. The Hall–Kier alpha value is -2.81. The lowest BCUT2D eigenvalue weighted by molar-refractivity contribution is -0.0425. The van der Waals surface area contributed by atoms with Gasteiger partial charge in [0.05, 0.1) is 0 Å². The molecule has 0 spiro atoms. The van der Waals surface area contributed by atoms with E-state index in [1.165, 1.54) is 24.3 Å². The fourth-order valence-corrected chi connectivity index (χ4v) is 2.82. The van der Waals surface area contributed by atoms with Gasteiger partial charge in [-0.1, -0.05) is 61.5 Å². The van der Waals surface area contributed by atoms with Crippen molar-refractivity contribution in [3.05, 3.63) is 70.3 Å². The summed E-state index contributed by atoms with van der Waals surface area (Å²) in [6.45, 7) is 3.26. The molecule has 1 N–H and O–H groups in total. The summed E-state index contributed by atoms with van der Waals surface area (Å²) in [5.74, 6) is 0. The Labute approximate surface area is 155 Å². The number of benzene rings is 2. The molecule has 0 radical (unpaired) electrons. The molecule has 0 aliphatic heterocycles. The van der Waals surface area contributed by atoms with E-state index in [9.17, 15) is 21.6 Å². The van der Waals surface area contributed by atoms with Gasteiger partial charge in [0.2, 0.25) is 0 Å². The van der Waals surface area contributed by atoms with Crippen LogP contribution >= 0.6 is 0 Å². The van der Waals surface area contributed by atoms with E-state index in [4.69, 9.17) is 5.41 Å². The van der Waals surface area contributed by atoms with Crippen LogP contribution in [0.5, 0.6) is 0 Å². The molecular formula is C18H16F3N3O2S-2. The maximum Gasteiger partial charge on any atom is 0.483 e. The highest BCUT2D eigenvalue weighted by Gasteiger charge is 2.39. The van der Waals surface area contributed by atoms with Crippen LogP contribution in [-0.4, -0.2) is 19.6 Å². The van der Waals surface area contributed by atoms with Crippen LogP contribution in [0, 0.1) is 5.41 Å². The summed E-state index contributed by atoms with van der Waals surface area (Å²) in [7, 11) is -5.68. The molecule has 0 heterocycles. The first-order chi connectivity index (χ1) is 12.5. The van der Waals surface area contributed by atoms with Gasteiger partial charge in [0.15, 0.2) is 10.0 Å². The highest BCUT2D eigenvalue weighted by atomic mass is 32.2. The predicted octanol–water partition coefficient (Wildman–Crippen LogP) is 6.16. The van der Waals surface area contributed by atoms with E-state index in [1.807, 2.05) is 0 Å². The molecule has 2 rings (SSSR count). The van der Waals surface area contributed by atoms with Crippen molar-refractivity contribution < 1.29 is 21.6 Å². The largest absolute Gasteiger partial charge is 0.661 e. The monoisotopic (exact) mass is 395 g/mol. The number of hydrogen-bond donors (Lipinski definition) is 1. The third-order valence-corrected chi connectivity index (χ3v) is 4.35. The quantitative estimate of drug-likeness (QED) is 0.594. The molecule has 9 heteroatoms. The zero-order chi connectivity index (χ0) is 20.2. The smallest absolute Gasteiger partial charge is 0.483 e. The summed E-state index contributed by atoms with van der Waals surface area (Å²) in [6.07, 6.45) is 1.53. The van der Waals surface area contributed by atoms with Gasteiger partial charge in [-0.3, -0.25) is 0 Å². The van der Waals surface area contributed by atoms with Gasteiger partial charge in [0.1, 0.15) is 0 Å². The summed E-state index contributed by atoms with van der Waals surface area (Å²) >= 11 is 0. The molecule has 27 heavy (non-hydrogen) atoms. The highest BCUT2D eigenvalue weighted by Crippen LogP contribution is 2.44. The van der Waals surface area contributed by atoms with E-state index in [1.54, 1.807) is 44.2 Å². The Kier molecular flexibility index (Phi) is 5.94. The fraction of sp³-hybridized carbons (Fsp3) is 0.167. The second kappa shape index (κ2) is 7.83. The lowest BCUT2D eigenvalue weighted by atomic mass is 10.0. The summed E-state index contributed by atoms with van der Waals surface area (Å²) < 4.78 is 63.9. The normalized spacial score (nSPS) is 12.6. The molecule has 0 aromatic heterocycles. The molecule has 0 fully saturated rings. The lowest BCUT2D eigenvalue weighted by Crippen LogP contribution is -2.21. The molecule has 5 nitrogen and oxygen atoms in total. The van der Waals surface area contributed by atoms with Crippen molar-refractivity contribution in [2.24, 2.45) is 0 Å². The SMILES string of the molecule is CC(=N)/C=C(/C)[N-]c1ccccc1-c1ccccc1[N-]S(=O)(=O)C(F)(F)F. The second-order valence-electron chi connectivity index (χ2n) is 5.63. The van der Waals surface area contributed by atoms with Crippen LogP contribution < -0.4 is 0 Å². The minimum Gasteiger partial charge on any atom is -0.661 e. The van der Waals surface area contributed by atoms with Crippen LogP contribution in [0.25, 0.3) is 21.2 Å². The fourth-order valence-electron chi connectivity index (χ4n) is 2.30. The Morgan fingerprint density at radius 1 is 0.963 bits per heavy atom. The number of alkyl halides is 3. The van der Waals surface area contributed by atoms with Crippen molar-refractivity contribution in [3.63, 3.8) is 0 Å². The zero-order valence-electron chi connectivity index (χ0n) is 14.4. The van der Waals surface area contributed by atoms with E-state index < -0.39 is 15.5 Å². The number of rotatable bonds is 6. The van der Waals surface area contributed by atoms with Gasteiger partial charge in [0, 0.05) is 5.71 Å². The van der Waals surface area contributed by atoms with Gasteiger partial charge in [-0.15, -0.1) is 11.4 Å². The van der Waals surface area contributed by atoms with E-state index in [-0.39, 0.29) is 11.3 Å². The molecule has 0 atom stereocenters. The second-order valence-corrected chi connectivity index (χ2v) is 7.22. The first-order valence-corrected chi connectivity index (χ1v) is 9.13. The average molecular weight is 395 g/mol. The first-order valence-electron chi connectivity index (χ1n) is 7.69. The maximum atomic E-state index is 12.7. The van der Waals surface area contributed by atoms with Crippen LogP contribution in [0.1, 0.15) is 13.8 Å². The van der Waals surface area contributed by atoms with E-state index in [0.29, 0.717) is 22.7 Å². The average Bonchev–Trinajstić information content (AvgIpc) is 2.54. The minimum absolute atomic E-state index is 0.198. The number of para-hydroxylation sites is 1. The van der Waals surface area contributed by atoms with E-state index >= 15 is 0 Å². The van der Waals surface area contributed by atoms with Crippen molar-refractivity contribution in [3.8, 4) is 11.1 Å². The van der Waals surface area contributed by atoms with Gasteiger partial charge >= 0.3 is 5.51 Å². The molecule has 144 valence electrons. The number of nitrogens with one attached hydrogen (secondary N) is 1. The third-order valence-electron chi connectivity index (χ3n) is 3.33. The van der Waals surface area contributed by atoms with Crippen LogP contribution in [0.4, 0.5) is 24.5 Å². The number of allylic oxidation sites excluding steroid dienone is 2. The highest BCUT2D eigenvalue weighted by molar-refractivity contribution is 7.95. The van der Waals surface area contributed by atoms with E-state index in [2.05, 4.69) is 10.0 Å². The Balaban J connectivity index is 2.51. The molecule has 0 saturated heterocycles. The van der Waals surface area contributed by atoms with Crippen molar-refractivity contribution in [2.45, 2.75) is 19.4 Å². The van der Waals surface area contributed by atoms with Crippen LogP contribution in [0.2, 0.25) is 0 Å². The minimum atomic E-state index is -5.68. The number of nitrogens with zero attached hydrogens (tertiary/aromatic N) is 2. The predicted molar refractivity (Wildman–Crippen MR) is 100 cm³/mol. The van der Waals surface area contributed by atoms with Crippen molar-refractivity contribution in [1.82, 2.24) is 0 Å². The van der Waals surface area contributed by atoms with Gasteiger partial charge in [0.25, 0.3) is 0 Å². The molecule has 0 saturated carbocycles. The molecule has 2 aromatic rings. The lowest BCUT2D eigenvalue weighted by Gasteiger charge is -2.30. The Morgan fingerprint density at radius 2 is 1.44 bits per heavy atom. The maximum absolute atomic E-state index is 12.7. The standard InChI is InChI=1S/C18H16F3N3O2S/c1-12(22)11-13(2)23-16-9-5-3-7-14(16)15-8-4-6-10-17(15)24-27(25,26)18(19,20)21/h3-11,22H,1-2H3/q-2/b13-11-,22-12?. The third kappa shape index (κ3) is 5.10. The molecular weight excluding hydrogens is 379 g/mol. The molecule has 0 unspecified atom stereocenters. The molecule has 0 aliphatic rings. The topological polar surface area (TPSA) is 86.2 Å². The number of sulfonamides is 1. The van der Waals surface area contributed by atoms with Crippen molar-refractivity contribution in [1.29, 1.82) is 5.41 Å². The zero-order valence-corrected chi connectivity index (χ0v) is 15.3. The summed E-state index contributed by atoms with van der Waals surface area (Å²) in [6, 6.07) is 12.2. The van der Waals surface area contributed by atoms with Gasteiger partial charge in [-0.2, -0.15) is 18.9 Å². The van der Waals surface area contributed by atoms with Crippen LogP contribution in [-0.2, 0) is 10.0 Å². The van der Waals surface area contributed by atoms with Gasteiger partial charge in [-0.25, -0.2) is 8.42 Å². The van der Waals surface area contributed by atoms with Crippen molar-refractivity contribution in [2.75, 3.05) is 0 Å². The first kappa shape index (κ1) is 20.5. The van der Waals surface area contributed by atoms with Crippen LogP contribution in [0.3, 0.4) is 0 Å². The Bertz CT molecular complexity index is 983. The molecule has 0 bridgehead atoms. The Morgan fingerprint density at radius 3 is 1.96 bits per heavy atom. The van der Waals surface area contributed by atoms with E-state index in [0.717, 1.165) is 0 Å². The number of halogens is 3. The number of hydrogen-bond acceptors (Lipinski definition) is 3. The summed E-state index contributed by atoms with van der Waals surface area (Å²) in [4.78, 5) is 0. The van der Waals surface area contributed by atoms with Gasteiger partial charge < -0.3 is 15.4 Å².